The molecule has 0 heterocycles. The lowest BCUT2D eigenvalue weighted by atomic mass is 9.86. The average Bonchev–Trinajstić information content (AvgIpc) is 2.21. The van der Waals surface area contributed by atoms with E-state index < -0.39 is 0 Å². The van der Waals surface area contributed by atoms with E-state index in [1.807, 2.05) is 0 Å². The Bertz CT molecular complexity index is 195. The van der Waals surface area contributed by atoms with Crippen LogP contribution < -0.4 is 5.73 Å². The minimum absolute atomic E-state index is 0.317. The van der Waals surface area contributed by atoms with Crippen molar-refractivity contribution in [2.45, 2.75) is 52.0 Å². The van der Waals surface area contributed by atoms with Gasteiger partial charge in [-0.05, 0) is 38.1 Å². The second kappa shape index (κ2) is 6.11. The van der Waals surface area contributed by atoms with Crippen molar-refractivity contribution in [3.8, 4) is 0 Å². The fraction of sp³-hybridized carbons (Fsp3) is 0.917. The molecule has 1 rings (SSSR count). The molecule has 0 aromatic rings. The Hall–Kier alpha value is -0.570. The number of hydrogen-bond donors (Lipinski definition) is 2. The highest BCUT2D eigenvalue weighted by Gasteiger charge is 2.22. The third-order valence-electron chi connectivity index (χ3n) is 3.58. The number of nitrogens with one attached hydrogen (secondary N) is 1. The van der Waals surface area contributed by atoms with Crippen LogP contribution in [-0.4, -0.2) is 29.9 Å². The first-order chi connectivity index (χ1) is 7.13. The predicted octanol–water partition coefficient (Wildman–Crippen LogP) is 2.21. The van der Waals surface area contributed by atoms with Crippen molar-refractivity contribution in [2.24, 2.45) is 11.7 Å². The molecule has 0 aromatic heterocycles. The summed E-state index contributed by atoms with van der Waals surface area (Å²) in [5, 5.41) is 7.26. The van der Waals surface area contributed by atoms with Gasteiger partial charge in [-0.3, -0.25) is 5.41 Å². The summed E-state index contributed by atoms with van der Waals surface area (Å²) in [5.41, 5.74) is 5.40. The molecule has 1 aliphatic rings. The van der Waals surface area contributed by atoms with Gasteiger partial charge in [0.25, 0.3) is 0 Å². The number of hydrogen-bond acceptors (Lipinski definition) is 2. The molecule has 0 amide bonds. The molecule has 15 heavy (non-hydrogen) atoms. The van der Waals surface area contributed by atoms with E-state index in [0.717, 1.165) is 31.5 Å². The molecule has 1 saturated carbocycles. The number of nitrogens with zero attached hydrogens (tertiary/aromatic N) is 1. The molecule has 1 aliphatic carbocycles. The van der Waals surface area contributed by atoms with Crippen LogP contribution in [0.15, 0.2) is 0 Å². The Morgan fingerprint density at radius 1 is 1.33 bits per heavy atom. The molecule has 0 aromatic carbocycles. The SMILES string of the molecule is CCN(CCC(=N)N)C1CCC(C)CC1. The van der Waals surface area contributed by atoms with Crippen molar-refractivity contribution in [1.82, 2.24) is 4.90 Å². The lowest BCUT2D eigenvalue weighted by Crippen LogP contribution is -2.39. The highest BCUT2D eigenvalue weighted by molar-refractivity contribution is 5.76. The first kappa shape index (κ1) is 12.5. The van der Waals surface area contributed by atoms with Crippen molar-refractivity contribution < 1.29 is 0 Å². The molecule has 0 saturated heterocycles. The van der Waals surface area contributed by atoms with E-state index in [0.29, 0.717) is 5.84 Å². The molecule has 1 fully saturated rings. The van der Waals surface area contributed by atoms with Crippen LogP contribution in [0, 0.1) is 11.3 Å². The Balaban J connectivity index is 2.34. The van der Waals surface area contributed by atoms with Gasteiger partial charge in [0, 0.05) is 19.0 Å². The third-order valence-corrected chi connectivity index (χ3v) is 3.58. The van der Waals surface area contributed by atoms with Gasteiger partial charge in [-0.1, -0.05) is 13.8 Å². The summed E-state index contributed by atoms with van der Waals surface area (Å²) in [6, 6.07) is 0.741. The Morgan fingerprint density at radius 2 is 1.93 bits per heavy atom. The molecule has 0 unspecified atom stereocenters. The van der Waals surface area contributed by atoms with Crippen LogP contribution in [0.5, 0.6) is 0 Å². The van der Waals surface area contributed by atoms with E-state index in [9.17, 15) is 0 Å². The fourth-order valence-corrected chi connectivity index (χ4v) is 2.47. The van der Waals surface area contributed by atoms with E-state index in [4.69, 9.17) is 11.1 Å². The molecular formula is C12H25N3. The van der Waals surface area contributed by atoms with Gasteiger partial charge in [-0.2, -0.15) is 0 Å². The minimum atomic E-state index is 0.317. The third kappa shape index (κ3) is 4.20. The van der Waals surface area contributed by atoms with Crippen molar-refractivity contribution in [1.29, 1.82) is 5.41 Å². The number of amidine groups is 1. The van der Waals surface area contributed by atoms with E-state index >= 15 is 0 Å². The smallest absolute Gasteiger partial charge is 0.0918 e. The predicted molar refractivity (Wildman–Crippen MR) is 65.2 cm³/mol. The summed E-state index contributed by atoms with van der Waals surface area (Å²) >= 11 is 0. The van der Waals surface area contributed by atoms with Crippen molar-refractivity contribution >= 4 is 5.84 Å². The van der Waals surface area contributed by atoms with Gasteiger partial charge in [-0.15, -0.1) is 0 Å². The number of nitrogens with two attached hydrogens (primary N) is 1. The fourth-order valence-electron chi connectivity index (χ4n) is 2.47. The molecule has 0 bridgehead atoms. The van der Waals surface area contributed by atoms with Crippen LogP contribution in [0.1, 0.15) is 46.0 Å². The lowest BCUT2D eigenvalue weighted by Gasteiger charge is -2.35. The van der Waals surface area contributed by atoms with E-state index in [-0.39, 0.29) is 0 Å². The molecule has 0 atom stereocenters. The molecule has 3 nitrogen and oxygen atoms in total. The van der Waals surface area contributed by atoms with Crippen LogP contribution in [-0.2, 0) is 0 Å². The highest BCUT2D eigenvalue weighted by atomic mass is 15.1. The average molecular weight is 211 g/mol. The van der Waals surface area contributed by atoms with Crippen LogP contribution in [0.25, 0.3) is 0 Å². The normalized spacial score (nSPS) is 26.9. The Kier molecular flexibility index (Phi) is 5.09. The topological polar surface area (TPSA) is 53.1 Å². The van der Waals surface area contributed by atoms with E-state index in [1.54, 1.807) is 0 Å². The van der Waals surface area contributed by atoms with E-state index in [2.05, 4.69) is 18.7 Å². The Labute approximate surface area is 93.5 Å². The summed E-state index contributed by atoms with van der Waals surface area (Å²) in [6.45, 7) is 6.61. The first-order valence-corrected chi connectivity index (χ1v) is 6.20. The van der Waals surface area contributed by atoms with E-state index in [1.165, 1.54) is 25.7 Å². The van der Waals surface area contributed by atoms with Gasteiger partial charge in [0.15, 0.2) is 0 Å². The zero-order chi connectivity index (χ0) is 11.3. The molecule has 0 spiro atoms. The minimum Gasteiger partial charge on any atom is -0.388 e. The summed E-state index contributed by atoms with van der Waals surface area (Å²) in [4.78, 5) is 2.49. The van der Waals surface area contributed by atoms with Crippen LogP contribution in [0.3, 0.4) is 0 Å². The van der Waals surface area contributed by atoms with Gasteiger partial charge in [0.05, 0.1) is 5.84 Å². The first-order valence-electron chi connectivity index (χ1n) is 6.20. The molecule has 3 heteroatoms. The molecule has 3 N–H and O–H groups in total. The zero-order valence-electron chi connectivity index (χ0n) is 10.1. The maximum absolute atomic E-state index is 7.26. The van der Waals surface area contributed by atoms with Crippen LogP contribution in [0.2, 0.25) is 0 Å². The molecule has 88 valence electrons. The zero-order valence-corrected chi connectivity index (χ0v) is 10.1. The molecular weight excluding hydrogens is 186 g/mol. The van der Waals surface area contributed by atoms with Crippen LogP contribution in [0.4, 0.5) is 0 Å². The second-order valence-corrected chi connectivity index (χ2v) is 4.82. The van der Waals surface area contributed by atoms with Crippen LogP contribution >= 0.6 is 0 Å². The lowest BCUT2D eigenvalue weighted by molar-refractivity contribution is 0.150. The highest BCUT2D eigenvalue weighted by Crippen LogP contribution is 2.26. The van der Waals surface area contributed by atoms with Crippen molar-refractivity contribution in [3.63, 3.8) is 0 Å². The monoisotopic (exact) mass is 211 g/mol. The Morgan fingerprint density at radius 3 is 2.40 bits per heavy atom. The van der Waals surface area contributed by atoms with Crippen molar-refractivity contribution in [2.75, 3.05) is 13.1 Å². The second-order valence-electron chi connectivity index (χ2n) is 4.82. The molecule has 0 radical (unpaired) electrons. The van der Waals surface area contributed by atoms with Crippen molar-refractivity contribution in [3.05, 3.63) is 0 Å². The van der Waals surface area contributed by atoms with Gasteiger partial charge in [-0.25, -0.2) is 0 Å². The van der Waals surface area contributed by atoms with Gasteiger partial charge in [0.2, 0.25) is 0 Å². The van der Waals surface area contributed by atoms with Gasteiger partial charge >= 0.3 is 0 Å². The van der Waals surface area contributed by atoms with Gasteiger partial charge in [0.1, 0.15) is 0 Å². The maximum atomic E-state index is 7.26. The summed E-state index contributed by atoms with van der Waals surface area (Å²) in [6.07, 6.45) is 6.10. The summed E-state index contributed by atoms with van der Waals surface area (Å²) < 4.78 is 0. The van der Waals surface area contributed by atoms with Gasteiger partial charge < -0.3 is 10.6 Å². The summed E-state index contributed by atoms with van der Waals surface area (Å²) in [7, 11) is 0. The quantitative estimate of drug-likeness (QED) is 0.541. The molecule has 0 aliphatic heterocycles. The number of rotatable bonds is 5. The largest absolute Gasteiger partial charge is 0.388 e. The standard InChI is InChI=1S/C12H25N3/c1-3-15(9-8-12(13)14)11-6-4-10(2)5-7-11/h10-11H,3-9H2,1-2H3,(H3,13,14). The maximum Gasteiger partial charge on any atom is 0.0918 e. The summed E-state index contributed by atoms with van der Waals surface area (Å²) in [5.74, 6) is 1.23.